The number of benzene rings is 2. The van der Waals surface area contributed by atoms with E-state index in [0.29, 0.717) is 5.56 Å². The van der Waals surface area contributed by atoms with Gasteiger partial charge in [-0.25, -0.2) is 0 Å². The van der Waals surface area contributed by atoms with Crippen molar-refractivity contribution in [3.05, 3.63) is 65.2 Å². The number of hydrogen-bond donors (Lipinski definition) is 1. The molecule has 0 fully saturated rings. The molecule has 0 bridgehead atoms. The molecule has 2 aromatic carbocycles. The van der Waals surface area contributed by atoms with Gasteiger partial charge in [-0.05, 0) is 47.7 Å². The van der Waals surface area contributed by atoms with E-state index in [1.165, 1.54) is 11.1 Å². The molecular formula is C19H22N2. The molecule has 2 rings (SSSR count). The van der Waals surface area contributed by atoms with E-state index >= 15 is 0 Å². The zero-order valence-corrected chi connectivity index (χ0v) is 13.1. The Morgan fingerprint density at radius 2 is 1.52 bits per heavy atom. The molecule has 0 saturated heterocycles. The summed E-state index contributed by atoms with van der Waals surface area (Å²) in [4.78, 5) is 0. The van der Waals surface area contributed by atoms with E-state index in [4.69, 9.17) is 5.26 Å². The summed E-state index contributed by atoms with van der Waals surface area (Å²) in [6, 6.07) is 18.7. The third-order valence-electron chi connectivity index (χ3n) is 3.67. The lowest BCUT2D eigenvalue weighted by Gasteiger charge is -2.20. The normalized spacial score (nSPS) is 12.5. The Kier molecular flexibility index (Phi) is 4.33. The first-order valence-electron chi connectivity index (χ1n) is 7.27. The quantitative estimate of drug-likeness (QED) is 0.854. The van der Waals surface area contributed by atoms with Crippen molar-refractivity contribution in [1.82, 2.24) is 0 Å². The molecule has 0 saturated carbocycles. The van der Waals surface area contributed by atoms with Crippen LogP contribution < -0.4 is 5.32 Å². The SMILES string of the molecule is CC(Nc1ccc(C(C)(C)C)cc1)c1ccc(C#N)cc1. The van der Waals surface area contributed by atoms with Crippen LogP contribution in [-0.4, -0.2) is 0 Å². The third-order valence-corrected chi connectivity index (χ3v) is 3.67. The summed E-state index contributed by atoms with van der Waals surface area (Å²) >= 11 is 0. The first-order chi connectivity index (χ1) is 9.90. The van der Waals surface area contributed by atoms with Gasteiger partial charge in [0.1, 0.15) is 0 Å². The molecule has 2 aromatic rings. The first kappa shape index (κ1) is 15.1. The van der Waals surface area contributed by atoms with Crippen molar-refractivity contribution >= 4 is 5.69 Å². The van der Waals surface area contributed by atoms with Gasteiger partial charge in [-0.15, -0.1) is 0 Å². The van der Waals surface area contributed by atoms with Crippen LogP contribution >= 0.6 is 0 Å². The van der Waals surface area contributed by atoms with Gasteiger partial charge in [-0.3, -0.25) is 0 Å². The van der Waals surface area contributed by atoms with Crippen LogP contribution in [0.3, 0.4) is 0 Å². The summed E-state index contributed by atoms with van der Waals surface area (Å²) in [7, 11) is 0. The predicted octanol–water partition coefficient (Wildman–Crippen LogP) is 5.03. The monoisotopic (exact) mass is 278 g/mol. The van der Waals surface area contributed by atoms with Crippen LogP contribution in [-0.2, 0) is 5.41 Å². The molecule has 0 spiro atoms. The number of anilines is 1. The van der Waals surface area contributed by atoms with Crippen molar-refractivity contribution < 1.29 is 0 Å². The zero-order chi connectivity index (χ0) is 15.5. The van der Waals surface area contributed by atoms with Crippen molar-refractivity contribution in [3.8, 4) is 6.07 Å². The number of nitriles is 1. The minimum absolute atomic E-state index is 0.178. The summed E-state index contributed by atoms with van der Waals surface area (Å²) < 4.78 is 0. The van der Waals surface area contributed by atoms with Crippen LogP contribution in [0.25, 0.3) is 0 Å². The predicted molar refractivity (Wildman–Crippen MR) is 88.3 cm³/mol. The van der Waals surface area contributed by atoms with Crippen molar-refractivity contribution in [2.24, 2.45) is 0 Å². The molecule has 2 nitrogen and oxygen atoms in total. The van der Waals surface area contributed by atoms with Crippen LogP contribution in [0.15, 0.2) is 48.5 Å². The van der Waals surface area contributed by atoms with Crippen molar-refractivity contribution in [2.75, 3.05) is 5.32 Å². The highest BCUT2D eigenvalue weighted by Crippen LogP contribution is 2.25. The summed E-state index contributed by atoms with van der Waals surface area (Å²) in [5.74, 6) is 0. The van der Waals surface area contributed by atoms with Crippen molar-refractivity contribution in [1.29, 1.82) is 5.26 Å². The smallest absolute Gasteiger partial charge is 0.0991 e. The number of hydrogen-bond acceptors (Lipinski definition) is 2. The van der Waals surface area contributed by atoms with E-state index in [1.807, 2.05) is 24.3 Å². The molecule has 0 heterocycles. The molecule has 1 atom stereocenters. The molecule has 0 amide bonds. The van der Waals surface area contributed by atoms with Crippen LogP contribution in [0.4, 0.5) is 5.69 Å². The highest BCUT2D eigenvalue weighted by Gasteiger charge is 2.13. The van der Waals surface area contributed by atoms with Gasteiger partial charge in [0.15, 0.2) is 0 Å². The second-order valence-electron chi connectivity index (χ2n) is 6.43. The fourth-order valence-corrected chi connectivity index (χ4v) is 2.25. The number of nitrogens with zero attached hydrogens (tertiary/aromatic N) is 1. The standard InChI is InChI=1S/C19H22N2/c1-14(16-7-5-15(13-20)6-8-16)21-18-11-9-17(10-12-18)19(2,3)4/h5-12,14,21H,1-4H3. The Morgan fingerprint density at radius 3 is 2.00 bits per heavy atom. The van der Waals surface area contributed by atoms with Crippen LogP contribution in [0.1, 0.15) is 50.4 Å². The summed E-state index contributed by atoms with van der Waals surface area (Å²) in [5, 5.41) is 12.3. The van der Waals surface area contributed by atoms with Gasteiger partial charge >= 0.3 is 0 Å². The Labute approximate surface area is 127 Å². The highest BCUT2D eigenvalue weighted by molar-refractivity contribution is 5.48. The summed E-state index contributed by atoms with van der Waals surface area (Å²) in [6.07, 6.45) is 0. The Bertz CT molecular complexity index is 625. The second-order valence-corrected chi connectivity index (χ2v) is 6.43. The highest BCUT2D eigenvalue weighted by atomic mass is 14.9. The number of nitrogens with one attached hydrogen (secondary N) is 1. The van der Waals surface area contributed by atoms with Crippen molar-refractivity contribution in [3.63, 3.8) is 0 Å². The first-order valence-corrected chi connectivity index (χ1v) is 7.27. The van der Waals surface area contributed by atoms with Gasteiger partial charge in [0.25, 0.3) is 0 Å². The van der Waals surface area contributed by atoms with E-state index < -0.39 is 0 Å². The minimum Gasteiger partial charge on any atom is -0.379 e. The molecule has 108 valence electrons. The van der Waals surface area contributed by atoms with E-state index in [0.717, 1.165) is 5.69 Å². The van der Waals surface area contributed by atoms with Crippen LogP contribution in [0.5, 0.6) is 0 Å². The lowest BCUT2D eigenvalue weighted by atomic mass is 9.87. The zero-order valence-electron chi connectivity index (χ0n) is 13.1. The Morgan fingerprint density at radius 1 is 0.952 bits per heavy atom. The minimum atomic E-state index is 0.178. The van der Waals surface area contributed by atoms with Gasteiger partial charge in [-0.2, -0.15) is 5.26 Å². The van der Waals surface area contributed by atoms with Crippen LogP contribution in [0, 0.1) is 11.3 Å². The maximum atomic E-state index is 8.83. The average Bonchev–Trinajstić information content (AvgIpc) is 2.47. The average molecular weight is 278 g/mol. The molecule has 0 aliphatic rings. The lowest BCUT2D eigenvalue weighted by Crippen LogP contribution is -2.11. The van der Waals surface area contributed by atoms with Gasteiger partial charge in [0.2, 0.25) is 0 Å². The fourth-order valence-electron chi connectivity index (χ4n) is 2.25. The maximum Gasteiger partial charge on any atom is 0.0991 e. The Balaban J connectivity index is 2.08. The van der Waals surface area contributed by atoms with Gasteiger partial charge < -0.3 is 5.32 Å². The van der Waals surface area contributed by atoms with E-state index in [-0.39, 0.29) is 11.5 Å². The topological polar surface area (TPSA) is 35.8 Å². The van der Waals surface area contributed by atoms with E-state index in [2.05, 4.69) is 63.3 Å². The molecular weight excluding hydrogens is 256 g/mol. The molecule has 1 unspecified atom stereocenters. The van der Waals surface area contributed by atoms with Gasteiger partial charge in [-0.1, -0.05) is 45.0 Å². The second kappa shape index (κ2) is 6.01. The molecule has 0 radical (unpaired) electrons. The van der Waals surface area contributed by atoms with E-state index in [1.54, 1.807) is 0 Å². The van der Waals surface area contributed by atoms with Crippen LogP contribution in [0.2, 0.25) is 0 Å². The summed E-state index contributed by atoms with van der Waals surface area (Å²) in [5.41, 5.74) is 4.49. The fraction of sp³-hybridized carbons (Fsp3) is 0.316. The molecule has 0 aromatic heterocycles. The number of rotatable bonds is 3. The molecule has 0 aliphatic carbocycles. The molecule has 21 heavy (non-hydrogen) atoms. The Hall–Kier alpha value is -2.27. The van der Waals surface area contributed by atoms with Crippen molar-refractivity contribution in [2.45, 2.75) is 39.2 Å². The van der Waals surface area contributed by atoms with E-state index in [9.17, 15) is 0 Å². The maximum absolute atomic E-state index is 8.83. The molecule has 2 heteroatoms. The van der Waals surface area contributed by atoms with Gasteiger partial charge in [0.05, 0.1) is 11.6 Å². The largest absolute Gasteiger partial charge is 0.379 e. The van der Waals surface area contributed by atoms with Gasteiger partial charge in [0, 0.05) is 11.7 Å². The molecule has 1 N–H and O–H groups in total. The molecule has 0 aliphatic heterocycles. The lowest BCUT2D eigenvalue weighted by molar-refractivity contribution is 0.590. The summed E-state index contributed by atoms with van der Waals surface area (Å²) in [6.45, 7) is 8.78. The third kappa shape index (κ3) is 3.86.